The van der Waals surface area contributed by atoms with E-state index in [9.17, 15) is 14.4 Å². The third-order valence-electron chi connectivity index (χ3n) is 2.54. The smallest absolute Gasteiger partial charge is 0.335 e. The van der Waals surface area contributed by atoms with E-state index in [1.807, 2.05) is 0 Å². The van der Waals surface area contributed by atoms with E-state index in [1.165, 1.54) is 6.07 Å². The number of rotatable bonds is 4. The summed E-state index contributed by atoms with van der Waals surface area (Å²) in [5.41, 5.74) is 0.0370. The van der Waals surface area contributed by atoms with Crippen molar-refractivity contribution in [3.63, 3.8) is 0 Å². The Morgan fingerprint density at radius 3 is 2.05 bits per heavy atom. The van der Waals surface area contributed by atoms with Crippen LogP contribution in [0.1, 0.15) is 37.0 Å². The minimum Gasteiger partial charge on any atom is -0.478 e. The van der Waals surface area contributed by atoms with Gasteiger partial charge in [-0.1, -0.05) is 5.16 Å². The first-order chi connectivity index (χ1) is 9.86. The number of hydrogen-bond donors (Lipinski definition) is 3. The summed E-state index contributed by atoms with van der Waals surface area (Å²) >= 11 is 0. The zero-order valence-corrected chi connectivity index (χ0v) is 10.8. The van der Waals surface area contributed by atoms with E-state index >= 15 is 0 Å². The van der Waals surface area contributed by atoms with Crippen molar-refractivity contribution in [1.29, 1.82) is 0 Å². The van der Waals surface area contributed by atoms with Crippen LogP contribution in [0.5, 0.6) is 0 Å². The molecular weight excluding hydrogens is 280 g/mol. The zero-order chi connectivity index (χ0) is 15.6. The van der Waals surface area contributed by atoms with Gasteiger partial charge in [-0.3, -0.25) is 4.79 Å². The van der Waals surface area contributed by atoms with E-state index in [2.05, 4.69) is 10.5 Å². The molecule has 1 aromatic heterocycles. The van der Waals surface area contributed by atoms with Crippen LogP contribution in [0.25, 0.3) is 0 Å². The van der Waals surface area contributed by atoms with Crippen molar-refractivity contribution in [3.05, 3.63) is 46.8 Å². The molecule has 108 valence electrons. The standard InChI is InChI=1S/C13H10N2O6/c1-6-2-10(21-15-6)11(16)14-9-4-7(12(17)18)3-8(5-9)13(19)20/h2-5H,1H3,(H,14,16)(H,17,18)(H,19,20). The molecule has 0 saturated heterocycles. The first-order valence-corrected chi connectivity index (χ1v) is 5.73. The fourth-order valence-corrected chi connectivity index (χ4v) is 1.61. The third-order valence-corrected chi connectivity index (χ3v) is 2.54. The Balaban J connectivity index is 2.32. The quantitative estimate of drug-likeness (QED) is 0.780. The molecule has 0 atom stereocenters. The number of anilines is 1. The van der Waals surface area contributed by atoms with Gasteiger partial charge in [0, 0.05) is 11.8 Å². The topological polar surface area (TPSA) is 130 Å². The van der Waals surface area contributed by atoms with Crippen molar-refractivity contribution in [2.24, 2.45) is 0 Å². The molecule has 21 heavy (non-hydrogen) atoms. The third kappa shape index (κ3) is 3.24. The lowest BCUT2D eigenvalue weighted by atomic mass is 10.1. The summed E-state index contributed by atoms with van der Waals surface area (Å²) < 4.78 is 4.76. The molecule has 0 aliphatic carbocycles. The van der Waals surface area contributed by atoms with Crippen LogP contribution in [0, 0.1) is 6.92 Å². The highest BCUT2D eigenvalue weighted by Crippen LogP contribution is 2.17. The van der Waals surface area contributed by atoms with Crippen LogP contribution in [-0.4, -0.2) is 33.2 Å². The number of nitrogens with one attached hydrogen (secondary N) is 1. The SMILES string of the molecule is Cc1cc(C(=O)Nc2cc(C(=O)O)cc(C(=O)O)c2)on1. The summed E-state index contributed by atoms with van der Waals surface area (Å²) in [5, 5.41) is 23.8. The van der Waals surface area contributed by atoms with E-state index < -0.39 is 17.8 Å². The highest BCUT2D eigenvalue weighted by molar-refractivity contribution is 6.04. The minimum absolute atomic E-state index is 0.0337. The van der Waals surface area contributed by atoms with Crippen LogP contribution >= 0.6 is 0 Å². The first-order valence-electron chi connectivity index (χ1n) is 5.73. The molecule has 1 aromatic carbocycles. The van der Waals surface area contributed by atoms with Crippen LogP contribution in [0.4, 0.5) is 5.69 Å². The molecular formula is C13H10N2O6. The van der Waals surface area contributed by atoms with Gasteiger partial charge in [-0.25, -0.2) is 9.59 Å². The lowest BCUT2D eigenvalue weighted by Gasteiger charge is -2.06. The number of carbonyl (C=O) groups is 3. The van der Waals surface area contributed by atoms with Crippen molar-refractivity contribution in [3.8, 4) is 0 Å². The predicted octanol–water partition coefficient (Wildman–Crippen LogP) is 1.63. The number of amides is 1. The van der Waals surface area contributed by atoms with Gasteiger partial charge in [-0.15, -0.1) is 0 Å². The molecule has 0 aliphatic heterocycles. The van der Waals surface area contributed by atoms with E-state index in [1.54, 1.807) is 6.92 Å². The molecule has 0 fully saturated rings. The number of hydrogen-bond acceptors (Lipinski definition) is 5. The van der Waals surface area contributed by atoms with Gasteiger partial charge in [0.2, 0.25) is 5.76 Å². The van der Waals surface area contributed by atoms with E-state index in [0.29, 0.717) is 5.69 Å². The van der Waals surface area contributed by atoms with E-state index in [0.717, 1.165) is 18.2 Å². The van der Waals surface area contributed by atoms with Crippen LogP contribution in [0.15, 0.2) is 28.8 Å². The van der Waals surface area contributed by atoms with Crippen molar-refractivity contribution in [1.82, 2.24) is 5.16 Å². The van der Waals surface area contributed by atoms with Gasteiger partial charge in [0.1, 0.15) is 0 Å². The maximum Gasteiger partial charge on any atom is 0.335 e. The van der Waals surface area contributed by atoms with Gasteiger partial charge >= 0.3 is 11.9 Å². The Morgan fingerprint density at radius 1 is 1.05 bits per heavy atom. The summed E-state index contributed by atoms with van der Waals surface area (Å²) in [6.07, 6.45) is 0. The Bertz CT molecular complexity index is 702. The largest absolute Gasteiger partial charge is 0.478 e. The Hall–Kier alpha value is -3.16. The average Bonchev–Trinajstić information content (AvgIpc) is 2.85. The number of aromatic carboxylic acids is 2. The van der Waals surface area contributed by atoms with Crippen molar-refractivity contribution < 1.29 is 29.1 Å². The normalized spacial score (nSPS) is 10.1. The number of nitrogens with zero attached hydrogens (tertiary/aromatic N) is 1. The summed E-state index contributed by atoms with van der Waals surface area (Å²) in [7, 11) is 0. The molecule has 0 bridgehead atoms. The van der Waals surface area contributed by atoms with Crippen LogP contribution in [-0.2, 0) is 0 Å². The van der Waals surface area contributed by atoms with Crippen LogP contribution in [0.3, 0.4) is 0 Å². The molecule has 0 radical (unpaired) electrons. The Morgan fingerprint density at radius 2 is 1.62 bits per heavy atom. The maximum absolute atomic E-state index is 11.9. The molecule has 1 amide bonds. The van der Waals surface area contributed by atoms with E-state index in [-0.39, 0.29) is 22.6 Å². The Labute approximate surface area is 118 Å². The minimum atomic E-state index is -1.30. The number of aryl methyl sites for hydroxylation is 1. The number of carbonyl (C=O) groups excluding carboxylic acids is 1. The lowest BCUT2D eigenvalue weighted by molar-refractivity contribution is 0.0696. The fourth-order valence-electron chi connectivity index (χ4n) is 1.61. The molecule has 0 aliphatic rings. The van der Waals surface area contributed by atoms with Crippen molar-refractivity contribution in [2.75, 3.05) is 5.32 Å². The molecule has 8 nitrogen and oxygen atoms in total. The Kier molecular flexibility index (Phi) is 3.70. The van der Waals surface area contributed by atoms with Gasteiger partial charge < -0.3 is 20.1 Å². The number of aromatic nitrogens is 1. The molecule has 3 N–H and O–H groups in total. The highest BCUT2D eigenvalue weighted by Gasteiger charge is 2.15. The van der Waals surface area contributed by atoms with Gasteiger partial charge in [0.15, 0.2) is 0 Å². The number of carboxylic acids is 2. The molecule has 0 saturated carbocycles. The second-order valence-electron chi connectivity index (χ2n) is 4.20. The molecule has 2 aromatic rings. The molecule has 1 heterocycles. The molecule has 2 rings (SSSR count). The van der Waals surface area contributed by atoms with Gasteiger partial charge in [-0.2, -0.15) is 0 Å². The number of benzene rings is 1. The maximum atomic E-state index is 11.9. The van der Waals surface area contributed by atoms with E-state index in [4.69, 9.17) is 14.7 Å². The van der Waals surface area contributed by atoms with Gasteiger partial charge in [0.05, 0.1) is 16.8 Å². The lowest BCUT2D eigenvalue weighted by Crippen LogP contribution is -2.13. The first kappa shape index (κ1) is 14.3. The summed E-state index contributed by atoms with van der Waals surface area (Å²) in [5.74, 6) is -3.33. The summed E-state index contributed by atoms with van der Waals surface area (Å²) in [6.45, 7) is 1.63. The highest BCUT2D eigenvalue weighted by atomic mass is 16.5. The van der Waals surface area contributed by atoms with Crippen molar-refractivity contribution in [2.45, 2.75) is 6.92 Å². The predicted molar refractivity (Wildman–Crippen MR) is 69.6 cm³/mol. The van der Waals surface area contributed by atoms with Crippen molar-refractivity contribution >= 4 is 23.5 Å². The zero-order valence-electron chi connectivity index (χ0n) is 10.8. The average molecular weight is 290 g/mol. The summed E-state index contributed by atoms with van der Waals surface area (Å²) in [4.78, 5) is 33.8. The van der Waals surface area contributed by atoms with Crippen LogP contribution in [0.2, 0.25) is 0 Å². The molecule has 0 spiro atoms. The fraction of sp³-hybridized carbons (Fsp3) is 0.0769. The number of carboxylic acid groups (broad SMARTS) is 2. The monoisotopic (exact) mass is 290 g/mol. The second kappa shape index (κ2) is 5.45. The van der Waals surface area contributed by atoms with Crippen LogP contribution < -0.4 is 5.32 Å². The molecule has 0 unspecified atom stereocenters. The summed E-state index contributed by atoms with van der Waals surface area (Å²) in [6, 6.07) is 4.69. The van der Waals surface area contributed by atoms with Gasteiger partial charge in [0.25, 0.3) is 5.91 Å². The van der Waals surface area contributed by atoms with Gasteiger partial charge in [-0.05, 0) is 25.1 Å². The second-order valence-corrected chi connectivity index (χ2v) is 4.20. The molecule has 8 heteroatoms.